The van der Waals surface area contributed by atoms with Crippen LogP contribution < -0.4 is 0 Å². The summed E-state index contributed by atoms with van der Waals surface area (Å²) in [6.45, 7) is -5.58. The molecule has 0 aromatic carbocycles. The third kappa shape index (κ3) is 11.7. The Morgan fingerprint density at radius 1 is 0.403 bits per heavy atom. The summed E-state index contributed by atoms with van der Waals surface area (Å²) in [7, 11) is 0. The Labute approximate surface area is 379 Å². The molecule has 30 nitrogen and oxygen atoms in total. The topological polar surface area (TPSA) is 497 Å². The number of hydrogen-bond acceptors (Lipinski definition) is 30. The maximum Gasteiger partial charge on any atom is 0.187 e. The van der Waals surface area contributed by atoms with Crippen molar-refractivity contribution in [2.45, 2.75) is 184 Å². The van der Waals surface area contributed by atoms with Gasteiger partial charge in [-0.15, -0.1) is 0 Å². The van der Waals surface area contributed by atoms with Gasteiger partial charge in [-0.1, -0.05) is 0 Å². The quantitative estimate of drug-likeness (QED) is 0.0571. The summed E-state index contributed by atoms with van der Waals surface area (Å²) in [5.74, 6) is -0.827. The molecule has 30 atom stereocenters. The standard InChI is InChI=1S/C37H64O30/c38-2-10(44)29(16(45)8-1-9(8)43)64-37-28(57)23(52)32(15(63-37)7-58-33-24(53)19(48)17(46)11(3-39)59-33)67-36-27(56)22(51)31(14(6-42)62-36)66-35-26(55)21(50)30(13(5-41)61-35)65-34-25(54)20(49)18(47)12(4-40)60-34/h8-57H,1-7H2/t8-,9?,10?,11-,12?,13-,14?,15-,16?,17?,18?,19?,20?,21?,22?,23?,24?,25?,26?,27?,28?,29?,30?,31?,32?,33-,34?,35+,36?,37-/m0/s1. The molecule has 6 rings (SSSR count). The zero-order chi connectivity index (χ0) is 49.3. The molecule has 0 aromatic rings. The van der Waals surface area contributed by atoms with Crippen molar-refractivity contribution in [3.8, 4) is 0 Å². The molecule has 0 radical (unpaired) electrons. The van der Waals surface area contributed by atoms with Crippen molar-refractivity contribution < 1.29 is 149 Å². The first-order valence-electron chi connectivity index (χ1n) is 21.5. The molecule has 0 amide bonds. The Balaban J connectivity index is 1.17. The molecule has 5 heterocycles. The molecule has 67 heavy (non-hydrogen) atoms. The van der Waals surface area contributed by atoms with Gasteiger partial charge >= 0.3 is 0 Å². The first kappa shape index (κ1) is 55.1. The molecule has 5 aliphatic heterocycles. The number of ether oxygens (including phenoxy) is 10. The zero-order valence-electron chi connectivity index (χ0n) is 35.3. The van der Waals surface area contributed by atoms with Gasteiger partial charge in [0.1, 0.15) is 134 Å². The van der Waals surface area contributed by atoms with Crippen LogP contribution in [0.15, 0.2) is 0 Å². The van der Waals surface area contributed by atoms with Crippen molar-refractivity contribution in [1.29, 1.82) is 0 Å². The van der Waals surface area contributed by atoms with E-state index in [0.29, 0.717) is 0 Å². The van der Waals surface area contributed by atoms with Gasteiger partial charge in [0.05, 0.1) is 51.8 Å². The first-order valence-corrected chi connectivity index (χ1v) is 21.5. The molecule has 1 saturated carbocycles. The molecule has 23 unspecified atom stereocenters. The molecular formula is C37H64O30. The third-order valence-electron chi connectivity index (χ3n) is 12.7. The van der Waals surface area contributed by atoms with E-state index in [4.69, 9.17) is 47.4 Å². The maximum atomic E-state index is 11.5. The van der Waals surface area contributed by atoms with Gasteiger partial charge in [0.25, 0.3) is 0 Å². The minimum Gasteiger partial charge on any atom is -0.394 e. The fraction of sp³-hybridized carbons (Fsp3) is 1.00. The highest BCUT2D eigenvalue weighted by molar-refractivity contribution is 5.00. The van der Waals surface area contributed by atoms with E-state index in [9.17, 15) is 102 Å². The average molecular weight is 989 g/mol. The van der Waals surface area contributed by atoms with Crippen molar-refractivity contribution in [2.75, 3.05) is 39.6 Å². The van der Waals surface area contributed by atoms with E-state index in [1.165, 1.54) is 0 Å². The SMILES string of the molecule is OCC(O)C(O[C@@H]1O[C@@H](CO[C@H]2O[C@@H](CO)C(O)C(O)C2O)C(OC2OC(CO)C(O[C@H]3O[C@@H](CO)C(OC4OC(CO)C(O)C(O)C4O)C(O)C3O)C(O)C2O)C(O)C1O)C(O)[C@H]1CC1O. The van der Waals surface area contributed by atoms with Crippen molar-refractivity contribution >= 4 is 0 Å². The number of rotatable bonds is 19. The lowest BCUT2D eigenvalue weighted by Crippen LogP contribution is -2.68. The Hall–Kier alpha value is -1.20. The van der Waals surface area contributed by atoms with Crippen molar-refractivity contribution in [2.24, 2.45) is 5.92 Å². The van der Waals surface area contributed by atoms with Crippen LogP contribution in [0.5, 0.6) is 0 Å². The van der Waals surface area contributed by atoms with Crippen LogP contribution in [0.25, 0.3) is 0 Å². The van der Waals surface area contributed by atoms with Gasteiger partial charge in [0.15, 0.2) is 31.5 Å². The second-order valence-electron chi connectivity index (χ2n) is 17.3. The molecule has 20 N–H and O–H groups in total. The van der Waals surface area contributed by atoms with E-state index in [1.54, 1.807) is 0 Å². The van der Waals surface area contributed by atoms with Gasteiger partial charge in [-0.25, -0.2) is 0 Å². The highest BCUT2D eigenvalue weighted by atomic mass is 16.8. The Morgan fingerprint density at radius 2 is 0.746 bits per heavy atom. The molecule has 0 bridgehead atoms. The number of aliphatic hydroxyl groups is 20. The maximum absolute atomic E-state index is 11.5. The second-order valence-corrected chi connectivity index (χ2v) is 17.3. The van der Waals surface area contributed by atoms with E-state index in [2.05, 4.69) is 0 Å². The molecule has 5 saturated heterocycles. The minimum absolute atomic E-state index is 0.0843. The van der Waals surface area contributed by atoms with Crippen LogP contribution in [0.4, 0.5) is 0 Å². The van der Waals surface area contributed by atoms with Crippen LogP contribution in [0.3, 0.4) is 0 Å². The van der Waals surface area contributed by atoms with E-state index in [0.717, 1.165) is 0 Å². The summed E-state index contributed by atoms with van der Waals surface area (Å²) in [6.07, 6.45) is -53.9. The van der Waals surface area contributed by atoms with Crippen LogP contribution in [-0.2, 0) is 47.4 Å². The summed E-state index contributed by atoms with van der Waals surface area (Å²) in [6, 6.07) is 0. The fourth-order valence-electron chi connectivity index (χ4n) is 8.49. The van der Waals surface area contributed by atoms with Gasteiger partial charge in [0.2, 0.25) is 0 Å². The predicted octanol–water partition coefficient (Wildman–Crippen LogP) is -13.4. The lowest BCUT2D eigenvalue weighted by molar-refractivity contribution is -0.392. The Morgan fingerprint density at radius 3 is 1.15 bits per heavy atom. The number of aliphatic hydroxyl groups excluding tert-OH is 20. The monoisotopic (exact) mass is 988 g/mol. The van der Waals surface area contributed by atoms with Crippen LogP contribution in [-0.4, -0.2) is 320 Å². The van der Waals surface area contributed by atoms with E-state index in [1.807, 2.05) is 0 Å². The van der Waals surface area contributed by atoms with E-state index in [-0.39, 0.29) is 6.42 Å². The lowest BCUT2D eigenvalue weighted by atomic mass is 9.95. The van der Waals surface area contributed by atoms with Crippen molar-refractivity contribution in [3.05, 3.63) is 0 Å². The summed E-state index contributed by atoms with van der Waals surface area (Å²) in [5, 5.41) is 210. The third-order valence-corrected chi connectivity index (χ3v) is 12.7. The average Bonchev–Trinajstić information content (AvgIpc) is 4.06. The van der Waals surface area contributed by atoms with Crippen LogP contribution in [0.2, 0.25) is 0 Å². The summed E-state index contributed by atoms with van der Waals surface area (Å²) < 4.78 is 56.0. The molecule has 6 aliphatic rings. The van der Waals surface area contributed by atoms with Gasteiger partial charge < -0.3 is 149 Å². The first-order chi connectivity index (χ1) is 31.7. The van der Waals surface area contributed by atoms with Crippen LogP contribution >= 0.6 is 0 Å². The highest BCUT2D eigenvalue weighted by Crippen LogP contribution is 2.39. The zero-order valence-corrected chi connectivity index (χ0v) is 35.3. The van der Waals surface area contributed by atoms with Crippen molar-refractivity contribution in [3.63, 3.8) is 0 Å². The smallest absolute Gasteiger partial charge is 0.187 e. The van der Waals surface area contributed by atoms with Crippen LogP contribution in [0, 0.1) is 5.92 Å². The molecule has 392 valence electrons. The Bertz CT molecular complexity index is 1500. The van der Waals surface area contributed by atoms with Gasteiger partial charge in [-0.05, 0) is 6.42 Å². The largest absolute Gasteiger partial charge is 0.394 e. The molecule has 6 fully saturated rings. The highest BCUT2D eigenvalue weighted by Gasteiger charge is 2.57. The molecule has 1 aliphatic carbocycles. The van der Waals surface area contributed by atoms with Crippen LogP contribution in [0.1, 0.15) is 6.42 Å². The van der Waals surface area contributed by atoms with Crippen molar-refractivity contribution in [1.82, 2.24) is 0 Å². The Kier molecular flexibility index (Phi) is 19.4. The molecule has 0 aromatic heterocycles. The lowest BCUT2D eigenvalue weighted by Gasteiger charge is -2.49. The van der Waals surface area contributed by atoms with Gasteiger partial charge in [0, 0.05) is 5.92 Å². The normalized spacial score (nSPS) is 51.0. The van der Waals surface area contributed by atoms with E-state index < -0.39 is 224 Å². The van der Waals surface area contributed by atoms with E-state index >= 15 is 0 Å². The molecular weight excluding hydrogens is 924 g/mol. The summed E-state index contributed by atoms with van der Waals surface area (Å²) in [5.41, 5.74) is 0. The predicted molar refractivity (Wildman–Crippen MR) is 202 cm³/mol. The minimum atomic E-state index is -2.23. The number of hydrogen-bond donors (Lipinski definition) is 20. The fourth-order valence-corrected chi connectivity index (χ4v) is 8.49. The summed E-state index contributed by atoms with van der Waals surface area (Å²) >= 11 is 0. The molecule has 30 heteroatoms. The molecule has 0 spiro atoms. The van der Waals surface area contributed by atoms with Gasteiger partial charge in [-0.2, -0.15) is 0 Å². The van der Waals surface area contributed by atoms with Gasteiger partial charge in [-0.3, -0.25) is 0 Å². The second kappa shape index (κ2) is 23.6. The summed E-state index contributed by atoms with van der Waals surface area (Å²) in [4.78, 5) is 0.